The molecule has 1 aliphatic carbocycles. The third kappa shape index (κ3) is 4.74. The van der Waals surface area contributed by atoms with E-state index < -0.39 is 0 Å². The van der Waals surface area contributed by atoms with Crippen molar-refractivity contribution in [3.63, 3.8) is 0 Å². The highest BCUT2D eigenvalue weighted by molar-refractivity contribution is 6.15. The average Bonchev–Trinajstić information content (AvgIpc) is 3.20. The molecule has 9 heteroatoms. The normalized spacial score (nSPS) is 16.7. The molecule has 37 heavy (non-hydrogen) atoms. The van der Waals surface area contributed by atoms with Gasteiger partial charge in [-0.1, -0.05) is 38.9 Å². The van der Waals surface area contributed by atoms with E-state index in [9.17, 15) is 14.4 Å². The third-order valence-electron chi connectivity index (χ3n) is 7.89. The van der Waals surface area contributed by atoms with E-state index in [1.165, 1.54) is 9.36 Å². The largest absolute Gasteiger partial charge is 0.399 e. The molecule has 4 rings (SSSR count). The van der Waals surface area contributed by atoms with Crippen LogP contribution in [0.3, 0.4) is 0 Å². The van der Waals surface area contributed by atoms with Crippen molar-refractivity contribution in [3.05, 3.63) is 77.6 Å². The van der Waals surface area contributed by atoms with Crippen LogP contribution in [-0.4, -0.2) is 38.2 Å². The first-order valence-electron chi connectivity index (χ1n) is 12.3. The lowest BCUT2D eigenvalue weighted by atomic mass is 9.56. The smallest absolute Gasteiger partial charge is 0.277 e. The summed E-state index contributed by atoms with van der Waals surface area (Å²) in [7, 11) is 4.86. The molecule has 0 amide bonds. The molecule has 0 atom stereocenters. The monoisotopic (exact) mass is 509 g/mol. The summed E-state index contributed by atoms with van der Waals surface area (Å²) in [5, 5.41) is 10.1. The molecule has 2 N–H and O–H groups in total. The first-order chi connectivity index (χ1) is 17.0. The minimum Gasteiger partial charge on any atom is -0.399 e. The van der Waals surface area contributed by atoms with Crippen molar-refractivity contribution in [1.82, 2.24) is 19.6 Å². The molecule has 1 aromatic carbocycles. The number of benzene rings is 1. The van der Waals surface area contributed by atoms with Gasteiger partial charge in [-0.05, 0) is 56.2 Å². The Morgan fingerprint density at radius 1 is 0.973 bits per heavy atom. The molecule has 0 fully saturated rings. The zero-order valence-electron chi connectivity index (χ0n) is 23.8. The quantitative estimate of drug-likeness (QED) is 0.412. The maximum absolute atomic E-state index is 13.5. The summed E-state index contributed by atoms with van der Waals surface area (Å²) in [4.78, 5) is 41.8. The predicted octanol–water partition coefficient (Wildman–Crippen LogP) is 3.85. The fourth-order valence-electron chi connectivity index (χ4n) is 5.18. The summed E-state index contributed by atoms with van der Waals surface area (Å²) in [6.45, 7) is 16.3. The predicted molar refractivity (Wildman–Crippen MR) is 146 cm³/mol. The minimum atomic E-state index is -0.309. The molecule has 2 heterocycles. The zero-order chi connectivity index (χ0) is 28.0. The van der Waals surface area contributed by atoms with Gasteiger partial charge in [-0.3, -0.25) is 28.8 Å². The summed E-state index contributed by atoms with van der Waals surface area (Å²) < 4.78 is 2.78. The number of aromatic nitrogens is 4. The SMILES string of the molecule is CO/N=C1\c2c(cc(C)c(C(=O)c3c(C)[nH]n(C)c3=O)c2C)CC(C)(C)C1(C)C.Cc1cc(=O)n(C)[nH]1. The van der Waals surface area contributed by atoms with Crippen LogP contribution in [0.5, 0.6) is 0 Å². The second-order valence-electron chi connectivity index (χ2n) is 11.2. The molecule has 1 aliphatic rings. The molecule has 0 saturated heterocycles. The van der Waals surface area contributed by atoms with Gasteiger partial charge in [0.05, 0.1) is 5.71 Å². The van der Waals surface area contributed by atoms with Crippen LogP contribution < -0.4 is 11.1 Å². The number of rotatable bonds is 3. The highest BCUT2D eigenvalue weighted by atomic mass is 16.6. The number of aromatic amines is 2. The summed E-state index contributed by atoms with van der Waals surface area (Å²) in [6.07, 6.45) is 0.874. The summed E-state index contributed by atoms with van der Waals surface area (Å²) in [5.41, 5.74) is 6.37. The van der Waals surface area contributed by atoms with Crippen LogP contribution in [0, 0.1) is 38.5 Å². The average molecular weight is 510 g/mol. The number of oxime groups is 1. The Morgan fingerprint density at radius 3 is 2.03 bits per heavy atom. The lowest BCUT2D eigenvalue weighted by Gasteiger charge is -2.47. The molecule has 0 saturated carbocycles. The number of nitrogens with zero attached hydrogens (tertiary/aromatic N) is 3. The number of fused-ring (bicyclic) bond motifs is 1. The maximum Gasteiger partial charge on any atom is 0.277 e. The molecule has 0 aliphatic heterocycles. The van der Waals surface area contributed by atoms with E-state index in [0.29, 0.717) is 11.3 Å². The molecule has 9 nitrogen and oxygen atoms in total. The van der Waals surface area contributed by atoms with Crippen molar-refractivity contribution in [3.8, 4) is 0 Å². The molecule has 0 bridgehead atoms. The van der Waals surface area contributed by atoms with Gasteiger partial charge in [0.15, 0.2) is 0 Å². The van der Waals surface area contributed by atoms with E-state index in [0.717, 1.165) is 40.1 Å². The minimum absolute atomic E-state index is 0.0162. The second-order valence-corrected chi connectivity index (χ2v) is 11.2. The topological polar surface area (TPSA) is 114 Å². The summed E-state index contributed by atoms with van der Waals surface area (Å²) in [5.74, 6) is -0.249. The fourth-order valence-corrected chi connectivity index (χ4v) is 5.18. The lowest BCUT2D eigenvalue weighted by Crippen LogP contribution is -2.46. The van der Waals surface area contributed by atoms with Crippen molar-refractivity contribution in [1.29, 1.82) is 0 Å². The van der Waals surface area contributed by atoms with Gasteiger partial charge in [-0.15, -0.1) is 0 Å². The number of hydrogen-bond acceptors (Lipinski definition) is 5. The molecular weight excluding hydrogens is 470 g/mol. The number of carbonyl (C=O) groups excluding carboxylic acids is 1. The molecular formula is C28H39N5O4. The highest BCUT2D eigenvalue weighted by Crippen LogP contribution is 2.50. The van der Waals surface area contributed by atoms with Gasteiger partial charge in [-0.2, -0.15) is 0 Å². The number of carbonyl (C=O) groups is 1. The van der Waals surface area contributed by atoms with Crippen molar-refractivity contribution in [2.45, 2.75) is 61.8 Å². The number of H-pyrrole nitrogens is 2. The van der Waals surface area contributed by atoms with Gasteiger partial charge in [0.2, 0.25) is 5.78 Å². The van der Waals surface area contributed by atoms with Gasteiger partial charge >= 0.3 is 0 Å². The van der Waals surface area contributed by atoms with Gasteiger partial charge in [0.25, 0.3) is 11.1 Å². The Morgan fingerprint density at radius 2 is 1.59 bits per heavy atom. The van der Waals surface area contributed by atoms with Crippen molar-refractivity contribution in [2.75, 3.05) is 7.11 Å². The van der Waals surface area contributed by atoms with E-state index >= 15 is 0 Å². The van der Waals surface area contributed by atoms with Crippen LogP contribution in [0.15, 0.2) is 26.9 Å². The molecule has 0 radical (unpaired) electrons. The first kappa shape index (κ1) is 28.0. The van der Waals surface area contributed by atoms with Gasteiger partial charge in [-0.25, -0.2) is 0 Å². The number of ketones is 1. The van der Waals surface area contributed by atoms with Crippen LogP contribution in [0.1, 0.15) is 77.3 Å². The van der Waals surface area contributed by atoms with E-state index in [-0.39, 0.29) is 33.3 Å². The van der Waals surface area contributed by atoms with Gasteiger partial charge in [0.1, 0.15) is 12.7 Å². The van der Waals surface area contributed by atoms with E-state index in [4.69, 9.17) is 4.84 Å². The Bertz CT molecular complexity index is 1510. The molecule has 3 aromatic rings. The van der Waals surface area contributed by atoms with Crippen molar-refractivity contribution >= 4 is 11.5 Å². The Kier molecular flexibility index (Phi) is 7.32. The summed E-state index contributed by atoms with van der Waals surface area (Å²) >= 11 is 0. The standard InChI is InChI=1S/C23H31N3O3.C5H8N2O/c1-12-10-15-11-22(4,5)23(6,7)20(25-29-9)17(15)13(2)16(12)19(27)18-14(3)24-26(8)21(18)28;1-4-3-5(8)7(2)6-4/h10,24H,11H2,1-9H3;3,6H,1-2H3/b25-20+;. The number of hydrogen-bond donors (Lipinski definition) is 2. The van der Waals surface area contributed by atoms with E-state index in [1.807, 2.05) is 20.8 Å². The fraction of sp³-hybridized carbons (Fsp3) is 0.500. The Hall–Kier alpha value is -3.62. The van der Waals surface area contributed by atoms with E-state index in [2.05, 4.69) is 49.1 Å². The maximum atomic E-state index is 13.5. The van der Waals surface area contributed by atoms with Crippen molar-refractivity contribution < 1.29 is 9.63 Å². The lowest BCUT2D eigenvalue weighted by molar-refractivity contribution is 0.103. The van der Waals surface area contributed by atoms with Crippen molar-refractivity contribution in [2.24, 2.45) is 30.1 Å². The van der Waals surface area contributed by atoms with Gasteiger partial charge in [0, 0.05) is 48.1 Å². The molecule has 0 spiro atoms. The first-order valence-corrected chi connectivity index (χ1v) is 12.3. The van der Waals surface area contributed by atoms with E-state index in [1.54, 1.807) is 34.2 Å². The van der Waals surface area contributed by atoms with Crippen LogP contribution in [-0.2, 0) is 25.4 Å². The summed E-state index contributed by atoms with van der Waals surface area (Å²) in [6, 6.07) is 3.63. The van der Waals surface area contributed by atoms with Crippen LogP contribution >= 0.6 is 0 Å². The van der Waals surface area contributed by atoms with Crippen LogP contribution in [0.25, 0.3) is 0 Å². The van der Waals surface area contributed by atoms with Gasteiger partial charge < -0.3 is 9.94 Å². The molecule has 0 unspecified atom stereocenters. The third-order valence-corrected chi connectivity index (χ3v) is 7.89. The Balaban J connectivity index is 0.000000405. The number of nitrogens with one attached hydrogen (secondary N) is 2. The van der Waals surface area contributed by atoms with Crippen LogP contribution in [0.4, 0.5) is 0 Å². The zero-order valence-corrected chi connectivity index (χ0v) is 23.8. The highest BCUT2D eigenvalue weighted by Gasteiger charge is 2.47. The molecule has 200 valence electrons. The Labute approximate surface area is 217 Å². The molecule has 2 aromatic heterocycles. The second kappa shape index (κ2) is 9.68. The van der Waals surface area contributed by atoms with Crippen LogP contribution in [0.2, 0.25) is 0 Å². The number of aryl methyl sites for hydroxylation is 5.